The summed E-state index contributed by atoms with van der Waals surface area (Å²) in [7, 11) is 0. The number of aromatic nitrogens is 1. The lowest BCUT2D eigenvalue weighted by Crippen LogP contribution is -2.36. The molecule has 4 nitrogen and oxygen atoms in total. The molecule has 0 radical (unpaired) electrons. The zero-order valence-corrected chi connectivity index (χ0v) is 19.3. The minimum atomic E-state index is -0.273. The van der Waals surface area contributed by atoms with Crippen LogP contribution in [0, 0.1) is 0 Å². The van der Waals surface area contributed by atoms with Gasteiger partial charge in [0.2, 0.25) is 0 Å². The van der Waals surface area contributed by atoms with Crippen molar-refractivity contribution in [3.63, 3.8) is 0 Å². The Morgan fingerprint density at radius 3 is 2.59 bits per heavy atom. The minimum absolute atomic E-state index is 0.139. The molecule has 168 valence electrons. The van der Waals surface area contributed by atoms with Crippen LogP contribution in [-0.2, 0) is 19.4 Å². The van der Waals surface area contributed by atoms with Crippen molar-refractivity contribution in [3.05, 3.63) is 81.3 Å². The van der Waals surface area contributed by atoms with E-state index in [0.717, 1.165) is 60.6 Å². The summed E-state index contributed by atoms with van der Waals surface area (Å²) in [6, 6.07) is 16.0. The van der Waals surface area contributed by atoms with Crippen LogP contribution in [-0.4, -0.2) is 10.5 Å². The summed E-state index contributed by atoms with van der Waals surface area (Å²) in [5.41, 5.74) is 3.55. The molecule has 4 rings (SSSR count). The molecule has 1 amide bonds. The summed E-state index contributed by atoms with van der Waals surface area (Å²) in [5, 5.41) is 5.38. The Labute approximate surface area is 190 Å². The molecule has 3 aromatic rings. The highest BCUT2D eigenvalue weighted by Gasteiger charge is 2.21. The van der Waals surface area contributed by atoms with Crippen molar-refractivity contribution in [2.45, 2.75) is 77.8 Å². The number of carbonyl (C=O) groups is 1. The smallest absolute Gasteiger partial charge is 0.263 e. The fraction of sp³-hybridized carbons (Fsp3) is 0.429. The third kappa shape index (κ3) is 4.64. The predicted molar refractivity (Wildman–Crippen MR) is 131 cm³/mol. The maximum atomic E-state index is 13.4. The van der Waals surface area contributed by atoms with Crippen LogP contribution in [0.4, 0.5) is 0 Å². The number of hydrogen-bond acceptors (Lipinski definition) is 2. The van der Waals surface area contributed by atoms with Crippen LogP contribution in [0.5, 0.6) is 0 Å². The van der Waals surface area contributed by atoms with Crippen molar-refractivity contribution in [2.24, 2.45) is 0 Å². The fourth-order valence-electron chi connectivity index (χ4n) is 4.93. The molecular formula is C28H34N2O2. The standard InChI is InChI=1S/C28H34N2O2/c1-3-4-18-30-26-17-8-6-5-7-13-22(26)19-25(28(30)32)27(31)29-20(2)23-16-11-14-21-12-9-10-15-24(21)23/h9-12,14-16,19-20H,3-8,13,17-18H2,1-2H3,(H,29,31). The summed E-state index contributed by atoms with van der Waals surface area (Å²) in [6.45, 7) is 4.82. The largest absolute Gasteiger partial charge is 0.345 e. The summed E-state index contributed by atoms with van der Waals surface area (Å²) in [5.74, 6) is -0.273. The van der Waals surface area contributed by atoms with E-state index in [9.17, 15) is 9.59 Å². The van der Waals surface area contributed by atoms with E-state index in [1.165, 1.54) is 18.4 Å². The van der Waals surface area contributed by atoms with Crippen LogP contribution in [0.25, 0.3) is 10.8 Å². The van der Waals surface area contributed by atoms with Gasteiger partial charge in [0.05, 0.1) is 6.04 Å². The van der Waals surface area contributed by atoms with Gasteiger partial charge in [-0.2, -0.15) is 0 Å². The molecule has 0 spiro atoms. The zero-order chi connectivity index (χ0) is 22.5. The molecule has 1 aliphatic carbocycles. The molecule has 0 bridgehead atoms. The molecule has 1 unspecified atom stereocenters. The Kier molecular flexibility index (Phi) is 7.09. The molecule has 4 heteroatoms. The molecule has 32 heavy (non-hydrogen) atoms. The average molecular weight is 431 g/mol. The summed E-state index contributed by atoms with van der Waals surface area (Å²) in [6.07, 6.45) is 8.51. The van der Waals surface area contributed by atoms with E-state index >= 15 is 0 Å². The number of nitrogens with zero attached hydrogens (tertiary/aromatic N) is 1. The molecule has 0 aliphatic heterocycles. The van der Waals surface area contributed by atoms with Crippen LogP contribution in [0.2, 0.25) is 0 Å². The Morgan fingerprint density at radius 1 is 1.03 bits per heavy atom. The van der Waals surface area contributed by atoms with Crippen LogP contribution in [0.1, 0.15) is 85.6 Å². The third-order valence-corrected chi connectivity index (χ3v) is 6.72. The van der Waals surface area contributed by atoms with Gasteiger partial charge < -0.3 is 9.88 Å². The number of carbonyl (C=O) groups excluding carboxylic acids is 1. The Balaban J connectivity index is 1.68. The van der Waals surface area contributed by atoms with Crippen LogP contribution >= 0.6 is 0 Å². The van der Waals surface area contributed by atoms with Gasteiger partial charge >= 0.3 is 0 Å². The van der Waals surface area contributed by atoms with Crippen LogP contribution < -0.4 is 10.9 Å². The Bertz CT molecular complexity index is 1160. The number of pyridine rings is 1. The van der Waals surface area contributed by atoms with Gasteiger partial charge in [-0.1, -0.05) is 68.7 Å². The van der Waals surface area contributed by atoms with E-state index in [1.807, 2.05) is 41.8 Å². The van der Waals surface area contributed by atoms with E-state index in [-0.39, 0.29) is 23.1 Å². The summed E-state index contributed by atoms with van der Waals surface area (Å²) < 4.78 is 1.90. The third-order valence-electron chi connectivity index (χ3n) is 6.72. The number of fused-ring (bicyclic) bond motifs is 2. The number of amides is 1. The first-order valence-electron chi connectivity index (χ1n) is 12.1. The molecule has 1 N–H and O–H groups in total. The van der Waals surface area contributed by atoms with Crippen molar-refractivity contribution in [1.29, 1.82) is 0 Å². The van der Waals surface area contributed by atoms with Crippen molar-refractivity contribution in [1.82, 2.24) is 9.88 Å². The van der Waals surface area contributed by atoms with Gasteiger partial charge in [-0.15, -0.1) is 0 Å². The topological polar surface area (TPSA) is 51.1 Å². The maximum Gasteiger partial charge on any atom is 0.263 e. The van der Waals surface area contributed by atoms with Gasteiger partial charge in [-0.05, 0) is 67.0 Å². The maximum absolute atomic E-state index is 13.4. The second kappa shape index (κ2) is 10.2. The van der Waals surface area contributed by atoms with Crippen molar-refractivity contribution in [2.75, 3.05) is 0 Å². The highest BCUT2D eigenvalue weighted by molar-refractivity contribution is 5.95. The second-order valence-corrected chi connectivity index (χ2v) is 9.02. The number of nitrogens with one attached hydrogen (secondary N) is 1. The highest BCUT2D eigenvalue weighted by Crippen LogP contribution is 2.25. The zero-order valence-electron chi connectivity index (χ0n) is 19.3. The fourth-order valence-corrected chi connectivity index (χ4v) is 4.93. The number of rotatable bonds is 6. The molecule has 1 heterocycles. The molecule has 0 saturated carbocycles. The van der Waals surface area contributed by atoms with Crippen molar-refractivity contribution in [3.8, 4) is 0 Å². The van der Waals surface area contributed by atoms with Gasteiger partial charge in [0.15, 0.2) is 0 Å². The first-order valence-corrected chi connectivity index (χ1v) is 12.1. The monoisotopic (exact) mass is 430 g/mol. The molecule has 2 aromatic carbocycles. The van der Waals surface area contributed by atoms with Gasteiger partial charge in [-0.25, -0.2) is 0 Å². The first kappa shape index (κ1) is 22.3. The first-order chi connectivity index (χ1) is 15.6. The minimum Gasteiger partial charge on any atom is -0.345 e. The van der Waals surface area contributed by atoms with Crippen LogP contribution in [0.3, 0.4) is 0 Å². The van der Waals surface area contributed by atoms with Crippen molar-refractivity contribution >= 4 is 16.7 Å². The lowest BCUT2D eigenvalue weighted by atomic mass is 9.95. The predicted octanol–water partition coefficient (Wildman–Crippen LogP) is 5.95. The summed E-state index contributed by atoms with van der Waals surface area (Å²) in [4.78, 5) is 26.7. The van der Waals surface area contributed by atoms with E-state index in [4.69, 9.17) is 0 Å². The second-order valence-electron chi connectivity index (χ2n) is 9.02. The molecule has 1 atom stereocenters. The van der Waals surface area contributed by atoms with Gasteiger partial charge in [0.1, 0.15) is 5.56 Å². The Morgan fingerprint density at radius 2 is 1.78 bits per heavy atom. The SMILES string of the molecule is CCCCn1c2c(cc(C(=O)NC(C)c3cccc4ccccc34)c1=O)CCCCCC2. The van der Waals surface area contributed by atoms with Gasteiger partial charge in [0.25, 0.3) is 11.5 Å². The summed E-state index contributed by atoms with van der Waals surface area (Å²) >= 11 is 0. The molecule has 1 aromatic heterocycles. The Hall–Kier alpha value is -2.88. The number of benzene rings is 2. The number of aryl methyl sites for hydroxylation is 1. The quantitative estimate of drug-likeness (QED) is 0.525. The van der Waals surface area contributed by atoms with Crippen LogP contribution in [0.15, 0.2) is 53.3 Å². The number of hydrogen-bond donors (Lipinski definition) is 1. The molecular weight excluding hydrogens is 396 g/mol. The van der Waals surface area contributed by atoms with E-state index in [2.05, 4.69) is 30.4 Å². The van der Waals surface area contributed by atoms with Gasteiger partial charge in [0, 0.05) is 12.2 Å². The van der Waals surface area contributed by atoms with E-state index in [0.29, 0.717) is 6.54 Å². The normalized spacial score (nSPS) is 14.9. The van der Waals surface area contributed by atoms with E-state index < -0.39 is 0 Å². The van der Waals surface area contributed by atoms with Gasteiger partial charge in [-0.3, -0.25) is 9.59 Å². The lowest BCUT2D eigenvalue weighted by Gasteiger charge is -2.22. The molecule has 0 saturated heterocycles. The molecule has 1 aliphatic rings. The van der Waals surface area contributed by atoms with E-state index in [1.54, 1.807) is 0 Å². The number of unbranched alkanes of at least 4 members (excludes halogenated alkanes) is 1. The average Bonchev–Trinajstić information content (AvgIpc) is 2.78. The highest BCUT2D eigenvalue weighted by atomic mass is 16.2. The molecule has 0 fully saturated rings. The lowest BCUT2D eigenvalue weighted by molar-refractivity contribution is 0.0937. The van der Waals surface area contributed by atoms with Crippen molar-refractivity contribution < 1.29 is 4.79 Å².